The Hall–Kier alpha value is -3.79. The van der Waals surface area contributed by atoms with Gasteiger partial charge in [-0.15, -0.1) is 0 Å². The van der Waals surface area contributed by atoms with Crippen LogP contribution >= 0.6 is 0 Å². The van der Waals surface area contributed by atoms with E-state index < -0.39 is 43.6 Å². The number of ether oxygens (including phenoxy) is 1. The smallest absolute Gasteiger partial charge is 0.321 e. The van der Waals surface area contributed by atoms with Gasteiger partial charge in [0.15, 0.2) is 0 Å². The molecule has 0 N–H and O–H groups in total. The van der Waals surface area contributed by atoms with Crippen LogP contribution in [0.3, 0.4) is 0 Å². The predicted molar refractivity (Wildman–Crippen MR) is 156 cm³/mol. The highest BCUT2D eigenvalue weighted by Gasteiger charge is 2.58. The van der Waals surface area contributed by atoms with Crippen molar-refractivity contribution in [2.75, 3.05) is 6.54 Å². The first kappa shape index (κ1) is 28.7. The number of carbonyl (C=O) groups excluding carboxylic acids is 1. The normalized spacial score (nSPS) is 18.8. The summed E-state index contributed by atoms with van der Waals surface area (Å²) >= 11 is 0. The van der Waals surface area contributed by atoms with Crippen molar-refractivity contribution in [2.45, 2.75) is 48.0 Å². The molecule has 7 nitrogen and oxygen atoms in total. The van der Waals surface area contributed by atoms with Gasteiger partial charge in [-0.25, -0.2) is 16.8 Å². The zero-order chi connectivity index (χ0) is 29.5. The Balaban J connectivity index is 1.64. The van der Waals surface area contributed by atoms with E-state index >= 15 is 0 Å². The van der Waals surface area contributed by atoms with Gasteiger partial charge in [-0.1, -0.05) is 99.8 Å². The van der Waals surface area contributed by atoms with Gasteiger partial charge in [-0.2, -0.15) is 0 Å². The quantitative estimate of drug-likeness (QED) is 0.256. The van der Waals surface area contributed by atoms with Crippen LogP contribution < -0.4 is 0 Å². The summed E-state index contributed by atoms with van der Waals surface area (Å²) in [6, 6.07) is 30.2. The largest absolute Gasteiger partial charge is 0.457 e. The van der Waals surface area contributed by atoms with E-state index in [1.165, 1.54) is 24.3 Å². The second-order valence-electron chi connectivity index (χ2n) is 10.7. The first-order valence-electron chi connectivity index (χ1n) is 13.1. The summed E-state index contributed by atoms with van der Waals surface area (Å²) in [5, 5.41) is 0. The van der Waals surface area contributed by atoms with Gasteiger partial charge in [0.1, 0.15) is 11.0 Å². The lowest BCUT2D eigenvalue weighted by atomic mass is 9.70. The van der Waals surface area contributed by atoms with Crippen molar-refractivity contribution >= 4 is 26.0 Å². The molecule has 0 amide bonds. The molecule has 1 aliphatic heterocycles. The summed E-state index contributed by atoms with van der Waals surface area (Å²) < 4.78 is 62.7. The number of aryl methyl sites for hydroxylation is 2. The number of esters is 1. The Bertz CT molecular complexity index is 1660. The van der Waals surface area contributed by atoms with Crippen LogP contribution in [0.1, 0.15) is 35.6 Å². The Morgan fingerprint density at radius 1 is 0.659 bits per heavy atom. The van der Waals surface area contributed by atoms with Crippen molar-refractivity contribution in [1.82, 2.24) is 3.71 Å². The van der Waals surface area contributed by atoms with Gasteiger partial charge in [0.05, 0.1) is 16.3 Å². The third-order valence-electron chi connectivity index (χ3n) is 7.50. The number of benzene rings is 4. The van der Waals surface area contributed by atoms with Crippen LogP contribution in [-0.4, -0.2) is 38.7 Å². The molecule has 0 spiro atoms. The van der Waals surface area contributed by atoms with E-state index in [0.717, 1.165) is 11.1 Å². The maximum Gasteiger partial charge on any atom is 0.321 e. The Morgan fingerprint density at radius 2 is 1.05 bits per heavy atom. The lowest BCUT2D eigenvalue weighted by Gasteiger charge is -2.31. The molecule has 0 saturated carbocycles. The van der Waals surface area contributed by atoms with Crippen LogP contribution in [0, 0.1) is 13.8 Å². The highest BCUT2D eigenvalue weighted by Crippen LogP contribution is 2.48. The molecule has 212 valence electrons. The SMILES string of the molecule is Cc1ccc(S(=O)(=O)N(C[C@]2(C)CC(c3ccccc3)(c3ccccc3)C(=O)O2)S(=O)(=O)c2ccc(C)cc2)cc1. The molecule has 0 aliphatic carbocycles. The van der Waals surface area contributed by atoms with Crippen LogP contribution in [-0.2, 0) is 35.0 Å². The fraction of sp³-hybridized carbons (Fsp3) is 0.219. The summed E-state index contributed by atoms with van der Waals surface area (Å²) in [6.45, 7) is 4.60. The topological polar surface area (TPSA) is 97.8 Å². The van der Waals surface area contributed by atoms with Gasteiger partial charge in [0.25, 0.3) is 20.0 Å². The van der Waals surface area contributed by atoms with E-state index in [1.54, 1.807) is 31.2 Å². The minimum absolute atomic E-state index is 0.0240. The number of hydrogen-bond donors (Lipinski definition) is 0. The molecular weight excluding hydrogens is 558 g/mol. The van der Waals surface area contributed by atoms with Gasteiger partial charge in [-0.3, -0.25) is 4.79 Å². The van der Waals surface area contributed by atoms with Crippen molar-refractivity contribution < 1.29 is 26.4 Å². The average molecular weight is 590 g/mol. The summed E-state index contributed by atoms with van der Waals surface area (Å²) in [5.41, 5.74) is 0.249. The fourth-order valence-electron chi connectivity index (χ4n) is 5.35. The maximum atomic E-state index is 14.0. The number of nitrogens with zero attached hydrogens (tertiary/aromatic N) is 1. The summed E-state index contributed by atoms with van der Waals surface area (Å²) in [7, 11) is -9.18. The molecule has 1 heterocycles. The van der Waals surface area contributed by atoms with Crippen molar-refractivity contribution in [2.24, 2.45) is 0 Å². The number of rotatable bonds is 8. The van der Waals surface area contributed by atoms with Crippen molar-refractivity contribution in [3.63, 3.8) is 0 Å². The number of hydrogen-bond acceptors (Lipinski definition) is 6. The van der Waals surface area contributed by atoms with Gasteiger partial charge in [-0.05, 0) is 56.2 Å². The maximum absolute atomic E-state index is 14.0. The predicted octanol–water partition coefficient (Wildman–Crippen LogP) is 5.37. The van der Waals surface area contributed by atoms with Gasteiger partial charge in [0.2, 0.25) is 0 Å². The zero-order valence-corrected chi connectivity index (χ0v) is 24.7. The standard InChI is InChI=1S/C32H31NO6S2/c1-24-14-18-28(19-15-24)40(35,36)33(41(37,38)29-20-16-25(2)17-21-29)23-31(3)22-32(30(34)39-31,26-10-6-4-7-11-26)27-12-8-5-9-13-27/h4-21H,22-23H2,1-3H3/t31-/m0/s1. The summed E-state index contributed by atoms with van der Waals surface area (Å²) in [4.78, 5) is 13.5. The first-order valence-corrected chi connectivity index (χ1v) is 16.0. The van der Waals surface area contributed by atoms with Crippen LogP contribution in [0.25, 0.3) is 0 Å². The Morgan fingerprint density at radius 3 is 1.44 bits per heavy atom. The molecule has 4 aromatic carbocycles. The molecule has 41 heavy (non-hydrogen) atoms. The lowest BCUT2D eigenvalue weighted by molar-refractivity contribution is -0.149. The number of sulfonamides is 2. The van der Waals surface area contributed by atoms with E-state index in [1.807, 2.05) is 74.5 Å². The molecule has 0 aromatic heterocycles. The van der Waals surface area contributed by atoms with Gasteiger partial charge >= 0.3 is 5.97 Å². The van der Waals surface area contributed by atoms with Crippen molar-refractivity contribution in [1.29, 1.82) is 0 Å². The van der Waals surface area contributed by atoms with E-state index in [9.17, 15) is 21.6 Å². The minimum Gasteiger partial charge on any atom is -0.457 e. The third kappa shape index (κ3) is 5.21. The van der Waals surface area contributed by atoms with E-state index in [2.05, 4.69) is 0 Å². The second-order valence-corrected chi connectivity index (χ2v) is 14.7. The molecule has 1 saturated heterocycles. The minimum atomic E-state index is -4.59. The Labute approximate surface area is 241 Å². The third-order valence-corrected chi connectivity index (χ3v) is 11.7. The van der Waals surface area contributed by atoms with Crippen LogP contribution in [0.15, 0.2) is 119 Å². The molecule has 1 fully saturated rings. The number of carbonyl (C=O) groups is 1. The van der Waals surface area contributed by atoms with E-state index in [-0.39, 0.29) is 16.2 Å². The first-order chi connectivity index (χ1) is 19.4. The molecular formula is C32H31NO6S2. The highest BCUT2D eigenvalue weighted by molar-refractivity contribution is 8.04. The second kappa shape index (κ2) is 10.6. The van der Waals surface area contributed by atoms with E-state index in [4.69, 9.17) is 4.74 Å². The van der Waals surface area contributed by atoms with Crippen LogP contribution in [0.4, 0.5) is 0 Å². The average Bonchev–Trinajstić information content (AvgIpc) is 3.24. The lowest BCUT2D eigenvalue weighted by Crippen LogP contribution is -2.47. The molecule has 0 radical (unpaired) electrons. The molecule has 0 bridgehead atoms. The van der Waals surface area contributed by atoms with Crippen LogP contribution in [0.2, 0.25) is 0 Å². The zero-order valence-electron chi connectivity index (χ0n) is 23.0. The molecule has 9 heteroatoms. The highest BCUT2D eigenvalue weighted by atomic mass is 32.3. The van der Waals surface area contributed by atoms with Crippen molar-refractivity contribution in [3.05, 3.63) is 131 Å². The fourth-order valence-corrected chi connectivity index (χ4v) is 9.21. The van der Waals surface area contributed by atoms with Crippen LogP contribution in [0.5, 0.6) is 0 Å². The Kier molecular flexibility index (Phi) is 7.40. The van der Waals surface area contributed by atoms with E-state index in [0.29, 0.717) is 14.8 Å². The molecule has 5 rings (SSSR count). The molecule has 1 atom stereocenters. The summed E-state index contributed by atoms with van der Waals surface area (Å²) in [5.74, 6) is -0.571. The van der Waals surface area contributed by atoms with Crippen molar-refractivity contribution in [3.8, 4) is 0 Å². The molecule has 1 aliphatic rings. The number of cyclic esters (lactones) is 1. The monoisotopic (exact) mass is 589 g/mol. The molecule has 4 aromatic rings. The van der Waals surface area contributed by atoms with Gasteiger partial charge in [0, 0.05) is 6.42 Å². The summed E-state index contributed by atoms with van der Waals surface area (Å²) in [6.07, 6.45) is 0.0240. The molecule has 0 unspecified atom stereocenters. The van der Waals surface area contributed by atoms with Gasteiger partial charge < -0.3 is 4.74 Å².